The van der Waals surface area contributed by atoms with E-state index in [1.54, 1.807) is 0 Å². The molecular formula is C37H24ClNO2. The molecule has 3 nitrogen and oxygen atoms in total. The second kappa shape index (κ2) is 9.10. The van der Waals surface area contributed by atoms with Gasteiger partial charge in [-0.1, -0.05) is 103 Å². The van der Waals surface area contributed by atoms with Crippen LogP contribution < -0.4 is 4.74 Å². The molecule has 196 valence electrons. The van der Waals surface area contributed by atoms with Gasteiger partial charge in [0, 0.05) is 43.7 Å². The highest BCUT2D eigenvalue weighted by atomic mass is 35.5. The van der Waals surface area contributed by atoms with Gasteiger partial charge >= 0.3 is 0 Å². The van der Waals surface area contributed by atoms with Crippen LogP contribution in [0.2, 0.25) is 5.02 Å². The topological polar surface area (TPSA) is 34.4 Å². The summed E-state index contributed by atoms with van der Waals surface area (Å²) in [4.78, 5) is 0. The SMILES string of the molecule is OC1(c2cccc(Cl)c2-c2ccc3c(c2)c2ccccc2n3-c2ccccc2)c2ccccc2Oc2ccccc21. The lowest BCUT2D eigenvalue weighted by Gasteiger charge is -2.37. The summed E-state index contributed by atoms with van der Waals surface area (Å²) in [5.74, 6) is 1.25. The first kappa shape index (κ1) is 24.0. The zero-order valence-electron chi connectivity index (χ0n) is 22.0. The number of fused-ring (bicyclic) bond motifs is 5. The van der Waals surface area contributed by atoms with Crippen molar-refractivity contribution in [3.05, 3.63) is 161 Å². The molecule has 1 aliphatic rings. The van der Waals surface area contributed by atoms with Crippen molar-refractivity contribution >= 4 is 33.4 Å². The Labute approximate surface area is 242 Å². The van der Waals surface area contributed by atoms with Crippen LogP contribution in [0.1, 0.15) is 16.7 Å². The second-order valence-corrected chi connectivity index (χ2v) is 10.8. The molecule has 1 aliphatic heterocycles. The molecule has 0 saturated carbocycles. The van der Waals surface area contributed by atoms with Crippen LogP contribution in [0, 0.1) is 0 Å². The van der Waals surface area contributed by atoms with E-state index in [1.165, 1.54) is 0 Å². The number of nitrogens with zero attached hydrogens (tertiary/aromatic N) is 1. The first-order valence-corrected chi connectivity index (χ1v) is 14.0. The Kier molecular flexibility index (Phi) is 5.33. The molecule has 0 spiro atoms. The van der Waals surface area contributed by atoms with Gasteiger partial charge in [0.1, 0.15) is 17.1 Å². The fraction of sp³-hybridized carbons (Fsp3) is 0.0270. The van der Waals surface area contributed by atoms with Crippen LogP contribution >= 0.6 is 11.6 Å². The highest BCUT2D eigenvalue weighted by Crippen LogP contribution is 2.53. The highest BCUT2D eigenvalue weighted by Gasteiger charge is 2.43. The molecule has 0 saturated heterocycles. The van der Waals surface area contributed by atoms with Gasteiger partial charge in [0.15, 0.2) is 0 Å². The molecule has 41 heavy (non-hydrogen) atoms. The van der Waals surface area contributed by atoms with E-state index in [0.29, 0.717) is 33.2 Å². The van der Waals surface area contributed by atoms with Crippen molar-refractivity contribution in [1.82, 2.24) is 4.57 Å². The molecule has 2 heterocycles. The number of para-hydroxylation sites is 4. The first-order chi connectivity index (χ1) is 20.1. The lowest BCUT2D eigenvalue weighted by atomic mass is 9.75. The summed E-state index contributed by atoms with van der Waals surface area (Å²) in [5, 5.41) is 15.7. The average Bonchev–Trinajstić information content (AvgIpc) is 3.35. The third-order valence-electron chi connectivity index (χ3n) is 8.15. The molecule has 0 fully saturated rings. The predicted octanol–water partition coefficient (Wildman–Crippen LogP) is 9.49. The number of halogens is 1. The van der Waals surface area contributed by atoms with Crippen LogP contribution in [-0.4, -0.2) is 9.67 Å². The van der Waals surface area contributed by atoms with E-state index in [0.717, 1.165) is 38.6 Å². The minimum Gasteiger partial charge on any atom is -0.457 e. The van der Waals surface area contributed by atoms with Crippen molar-refractivity contribution in [2.45, 2.75) is 5.60 Å². The van der Waals surface area contributed by atoms with Crippen LogP contribution in [0.5, 0.6) is 11.5 Å². The third kappa shape index (κ3) is 3.50. The molecule has 4 heteroatoms. The zero-order valence-corrected chi connectivity index (χ0v) is 22.7. The molecule has 7 aromatic rings. The molecule has 6 aromatic carbocycles. The van der Waals surface area contributed by atoms with Crippen molar-refractivity contribution in [3.8, 4) is 28.3 Å². The van der Waals surface area contributed by atoms with Crippen LogP contribution in [0.25, 0.3) is 38.6 Å². The van der Waals surface area contributed by atoms with Gasteiger partial charge in [-0.3, -0.25) is 0 Å². The minimum atomic E-state index is -1.47. The Balaban J connectivity index is 1.42. The predicted molar refractivity (Wildman–Crippen MR) is 166 cm³/mol. The lowest BCUT2D eigenvalue weighted by Crippen LogP contribution is -2.33. The van der Waals surface area contributed by atoms with E-state index in [2.05, 4.69) is 71.3 Å². The van der Waals surface area contributed by atoms with Gasteiger partial charge < -0.3 is 14.4 Å². The molecule has 0 unspecified atom stereocenters. The third-order valence-corrected chi connectivity index (χ3v) is 8.47. The maximum atomic E-state index is 12.8. The van der Waals surface area contributed by atoms with Gasteiger partial charge in [-0.15, -0.1) is 0 Å². The standard InChI is InChI=1S/C37H24ClNO2/c38-31-17-10-16-30(37(40)28-14-5-8-19-34(28)41-35-20-9-6-15-29(35)37)36(31)24-21-22-33-27(23-24)26-13-4-7-18-32(26)39(33)25-11-2-1-3-12-25/h1-23,40H. The summed E-state index contributed by atoms with van der Waals surface area (Å²) < 4.78 is 8.52. The summed E-state index contributed by atoms with van der Waals surface area (Å²) in [6.07, 6.45) is 0. The van der Waals surface area contributed by atoms with Gasteiger partial charge in [-0.25, -0.2) is 0 Å². The molecule has 8 rings (SSSR count). The van der Waals surface area contributed by atoms with E-state index < -0.39 is 5.60 Å². The highest BCUT2D eigenvalue weighted by molar-refractivity contribution is 6.33. The van der Waals surface area contributed by atoms with E-state index in [1.807, 2.05) is 72.8 Å². The van der Waals surface area contributed by atoms with Crippen molar-refractivity contribution < 1.29 is 9.84 Å². The Morgan fingerprint density at radius 1 is 0.561 bits per heavy atom. The maximum absolute atomic E-state index is 12.8. The van der Waals surface area contributed by atoms with E-state index in [9.17, 15) is 5.11 Å². The largest absolute Gasteiger partial charge is 0.457 e. The number of benzene rings is 6. The molecule has 0 amide bonds. The molecule has 0 atom stereocenters. The van der Waals surface area contributed by atoms with Crippen LogP contribution in [0.3, 0.4) is 0 Å². The van der Waals surface area contributed by atoms with Gasteiger partial charge in [-0.05, 0) is 54.1 Å². The Morgan fingerprint density at radius 2 is 1.17 bits per heavy atom. The molecule has 0 aliphatic carbocycles. The quantitative estimate of drug-likeness (QED) is 0.238. The van der Waals surface area contributed by atoms with Gasteiger partial charge in [-0.2, -0.15) is 0 Å². The van der Waals surface area contributed by atoms with Crippen molar-refractivity contribution in [2.24, 2.45) is 0 Å². The molecule has 1 aromatic heterocycles. The number of aliphatic hydroxyl groups is 1. The van der Waals surface area contributed by atoms with Gasteiger partial charge in [0.05, 0.1) is 11.0 Å². The number of hydrogen-bond donors (Lipinski definition) is 1. The van der Waals surface area contributed by atoms with Crippen molar-refractivity contribution in [1.29, 1.82) is 0 Å². The Morgan fingerprint density at radius 3 is 1.93 bits per heavy atom. The zero-order chi connectivity index (χ0) is 27.6. The summed E-state index contributed by atoms with van der Waals surface area (Å²) in [6, 6.07) is 46.4. The van der Waals surface area contributed by atoms with E-state index >= 15 is 0 Å². The van der Waals surface area contributed by atoms with Crippen LogP contribution in [0.4, 0.5) is 0 Å². The lowest BCUT2D eigenvalue weighted by molar-refractivity contribution is 0.113. The molecular weight excluding hydrogens is 526 g/mol. The number of rotatable bonds is 3. The number of ether oxygens (including phenoxy) is 1. The summed E-state index contributed by atoms with van der Waals surface area (Å²) in [5.41, 5.74) is 5.68. The average molecular weight is 550 g/mol. The van der Waals surface area contributed by atoms with Crippen molar-refractivity contribution in [3.63, 3.8) is 0 Å². The fourth-order valence-electron chi connectivity index (χ4n) is 6.37. The van der Waals surface area contributed by atoms with Gasteiger partial charge in [0.25, 0.3) is 0 Å². The monoisotopic (exact) mass is 549 g/mol. The van der Waals surface area contributed by atoms with Gasteiger partial charge in [0.2, 0.25) is 0 Å². The summed E-state index contributed by atoms with van der Waals surface area (Å²) >= 11 is 7.02. The summed E-state index contributed by atoms with van der Waals surface area (Å²) in [7, 11) is 0. The first-order valence-electron chi connectivity index (χ1n) is 13.6. The molecule has 0 radical (unpaired) electrons. The number of hydrogen-bond acceptors (Lipinski definition) is 2. The van der Waals surface area contributed by atoms with E-state index in [4.69, 9.17) is 16.3 Å². The smallest absolute Gasteiger partial charge is 0.148 e. The Hall–Kier alpha value is -4.83. The summed E-state index contributed by atoms with van der Waals surface area (Å²) in [6.45, 7) is 0. The normalized spacial score (nSPS) is 13.5. The number of aromatic nitrogens is 1. The van der Waals surface area contributed by atoms with Crippen LogP contribution in [0.15, 0.2) is 140 Å². The van der Waals surface area contributed by atoms with E-state index in [-0.39, 0.29) is 0 Å². The maximum Gasteiger partial charge on any atom is 0.148 e. The molecule has 1 N–H and O–H groups in total. The molecule has 0 bridgehead atoms. The minimum absolute atomic E-state index is 0.573. The van der Waals surface area contributed by atoms with Crippen LogP contribution in [-0.2, 0) is 5.60 Å². The Bertz CT molecular complexity index is 2070. The fourth-order valence-corrected chi connectivity index (χ4v) is 6.65. The second-order valence-electron chi connectivity index (χ2n) is 10.4. The van der Waals surface area contributed by atoms with Crippen molar-refractivity contribution in [2.75, 3.05) is 0 Å².